The number of benzene rings is 1. The number of hydrogen-bond donors (Lipinski definition) is 1. The van der Waals surface area contributed by atoms with E-state index in [4.69, 9.17) is 18.0 Å². The van der Waals surface area contributed by atoms with E-state index in [1.54, 1.807) is 31.2 Å². The quantitative estimate of drug-likeness (QED) is 0.824. The van der Waals surface area contributed by atoms with Crippen molar-refractivity contribution in [2.24, 2.45) is 11.7 Å². The highest BCUT2D eigenvalue weighted by atomic mass is 79.9. The molecule has 0 bridgehead atoms. The lowest BCUT2D eigenvalue weighted by atomic mass is 10.2. The normalized spacial score (nSPS) is 13.6. The van der Waals surface area contributed by atoms with Gasteiger partial charge < -0.3 is 5.73 Å². The van der Waals surface area contributed by atoms with Gasteiger partial charge in [0.15, 0.2) is 0 Å². The Kier molecular flexibility index (Phi) is 5.27. The number of thiocarbonyl (C=S) groups is 1. The van der Waals surface area contributed by atoms with Gasteiger partial charge in [0.1, 0.15) is 0 Å². The topological polar surface area (TPSA) is 63.4 Å². The molecule has 1 aromatic carbocycles. The van der Waals surface area contributed by atoms with Crippen molar-refractivity contribution >= 4 is 43.2 Å². The largest absolute Gasteiger partial charge is 0.393 e. The number of nitrogens with two attached hydrogens (primary N) is 1. The number of hydrogen-bond acceptors (Lipinski definition) is 3. The van der Waals surface area contributed by atoms with Gasteiger partial charge in [-0.2, -0.15) is 0 Å². The summed E-state index contributed by atoms with van der Waals surface area (Å²) in [6, 6.07) is 6.70. The minimum Gasteiger partial charge on any atom is -0.393 e. The summed E-state index contributed by atoms with van der Waals surface area (Å²) in [6.45, 7) is 2.06. The number of halogens is 1. The van der Waals surface area contributed by atoms with Crippen LogP contribution in [0.3, 0.4) is 0 Å². The monoisotopic (exact) mass is 350 g/mol. The second-order valence-electron chi connectivity index (χ2n) is 4.02. The Morgan fingerprint density at radius 3 is 2.56 bits per heavy atom. The van der Waals surface area contributed by atoms with E-state index in [0.717, 1.165) is 0 Å². The lowest BCUT2D eigenvalue weighted by Crippen LogP contribution is -2.35. The molecule has 18 heavy (non-hydrogen) atoms. The molecule has 1 unspecified atom stereocenters. The smallest absolute Gasteiger partial charge is 0.243 e. The predicted molar refractivity (Wildman–Crippen MR) is 79.9 cm³/mol. The molecule has 0 saturated carbocycles. The molecular formula is C11H15BrN2O2S2. The highest BCUT2D eigenvalue weighted by molar-refractivity contribution is 9.10. The summed E-state index contributed by atoms with van der Waals surface area (Å²) >= 11 is 8.09. The Morgan fingerprint density at radius 2 is 2.06 bits per heavy atom. The molecule has 0 spiro atoms. The molecule has 0 amide bonds. The van der Waals surface area contributed by atoms with Crippen LogP contribution in [0.15, 0.2) is 33.6 Å². The Labute approximate surface area is 121 Å². The van der Waals surface area contributed by atoms with Crippen molar-refractivity contribution in [2.45, 2.75) is 11.8 Å². The summed E-state index contributed by atoms with van der Waals surface area (Å²) < 4.78 is 26.4. The van der Waals surface area contributed by atoms with Gasteiger partial charge in [0.25, 0.3) is 0 Å². The third-order valence-corrected chi connectivity index (χ3v) is 5.78. The maximum Gasteiger partial charge on any atom is 0.243 e. The minimum atomic E-state index is -3.53. The van der Waals surface area contributed by atoms with Crippen molar-refractivity contribution in [1.29, 1.82) is 0 Å². The van der Waals surface area contributed by atoms with E-state index in [9.17, 15) is 8.42 Å². The molecule has 0 aromatic heterocycles. The average molecular weight is 351 g/mol. The molecule has 0 fully saturated rings. The van der Waals surface area contributed by atoms with Crippen LogP contribution in [-0.4, -0.2) is 31.3 Å². The van der Waals surface area contributed by atoms with E-state index in [1.807, 2.05) is 0 Å². The molecule has 2 N–H and O–H groups in total. The summed E-state index contributed by atoms with van der Waals surface area (Å²) in [5.74, 6) is -0.165. The van der Waals surface area contributed by atoms with Gasteiger partial charge in [-0.3, -0.25) is 0 Å². The summed E-state index contributed by atoms with van der Waals surface area (Å²) in [5, 5.41) is 0. The van der Waals surface area contributed by atoms with E-state index in [0.29, 0.717) is 9.46 Å². The fourth-order valence-electron chi connectivity index (χ4n) is 1.40. The van der Waals surface area contributed by atoms with Crippen LogP contribution in [-0.2, 0) is 10.0 Å². The highest BCUT2D eigenvalue weighted by Gasteiger charge is 2.24. The van der Waals surface area contributed by atoms with E-state index in [1.165, 1.54) is 11.4 Å². The Hall–Kier alpha value is -0.500. The molecule has 4 nitrogen and oxygen atoms in total. The van der Waals surface area contributed by atoms with Crippen molar-refractivity contribution in [3.05, 3.63) is 28.7 Å². The van der Waals surface area contributed by atoms with E-state index < -0.39 is 10.0 Å². The van der Waals surface area contributed by atoms with Crippen LogP contribution >= 0.6 is 28.1 Å². The van der Waals surface area contributed by atoms with Crippen molar-refractivity contribution in [3.63, 3.8) is 0 Å². The first-order chi connectivity index (χ1) is 8.26. The number of nitrogens with zero attached hydrogens (tertiary/aromatic N) is 1. The summed E-state index contributed by atoms with van der Waals surface area (Å²) in [5.41, 5.74) is 5.50. The van der Waals surface area contributed by atoms with Crippen LogP contribution in [0.4, 0.5) is 0 Å². The second-order valence-corrected chi connectivity index (χ2v) is 7.36. The van der Waals surface area contributed by atoms with Gasteiger partial charge in [0.2, 0.25) is 10.0 Å². The SMILES string of the molecule is CC(CN(C)S(=O)(=O)c1ccccc1Br)C(N)=S. The second kappa shape index (κ2) is 6.10. The molecule has 0 radical (unpaired) electrons. The van der Waals surface area contributed by atoms with Crippen molar-refractivity contribution in [1.82, 2.24) is 4.31 Å². The molecule has 0 heterocycles. The first-order valence-electron chi connectivity index (χ1n) is 5.27. The number of sulfonamides is 1. The molecule has 0 aliphatic rings. The third kappa shape index (κ3) is 3.50. The van der Waals surface area contributed by atoms with Gasteiger partial charge in [-0.05, 0) is 28.1 Å². The lowest BCUT2D eigenvalue weighted by Gasteiger charge is -2.21. The van der Waals surface area contributed by atoms with E-state index in [-0.39, 0.29) is 17.4 Å². The maximum absolute atomic E-state index is 12.3. The molecule has 0 aliphatic carbocycles. The van der Waals surface area contributed by atoms with Crippen LogP contribution in [0.2, 0.25) is 0 Å². The van der Waals surface area contributed by atoms with Gasteiger partial charge >= 0.3 is 0 Å². The van der Waals surface area contributed by atoms with Gasteiger partial charge in [-0.1, -0.05) is 31.3 Å². The lowest BCUT2D eigenvalue weighted by molar-refractivity contribution is 0.445. The summed E-state index contributed by atoms with van der Waals surface area (Å²) in [6.07, 6.45) is 0. The minimum absolute atomic E-state index is 0.165. The van der Waals surface area contributed by atoms with E-state index >= 15 is 0 Å². The van der Waals surface area contributed by atoms with Crippen LogP contribution in [0.25, 0.3) is 0 Å². The fraction of sp³-hybridized carbons (Fsp3) is 0.364. The van der Waals surface area contributed by atoms with Crippen molar-refractivity contribution in [2.75, 3.05) is 13.6 Å². The molecule has 0 aliphatic heterocycles. The van der Waals surface area contributed by atoms with Gasteiger partial charge in [-0.15, -0.1) is 0 Å². The first-order valence-corrected chi connectivity index (χ1v) is 7.91. The van der Waals surface area contributed by atoms with Gasteiger partial charge in [0.05, 0.1) is 9.88 Å². The Balaban J connectivity index is 3.01. The zero-order valence-corrected chi connectivity index (χ0v) is 13.3. The standard InChI is InChI=1S/C11H15BrN2O2S2/c1-8(11(13)17)7-14(2)18(15,16)10-6-4-3-5-9(10)12/h3-6,8H,7H2,1-2H3,(H2,13,17). The predicted octanol–water partition coefficient (Wildman–Crippen LogP) is 1.99. The molecule has 1 rings (SSSR count). The Bertz CT molecular complexity index is 546. The summed E-state index contributed by atoms with van der Waals surface area (Å²) in [4.78, 5) is 0.548. The molecule has 100 valence electrons. The zero-order valence-electron chi connectivity index (χ0n) is 10.1. The van der Waals surface area contributed by atoms with Crippen LogP contribution < -0.4 is 5.73 Å². The molecule has 7 heteroatoms. The highest BCUT2D eigenvalue weighted by Crippen LogP contribution is 2.24. The number of rotatable bonds is 5. The van der Waals surface area contributed by atoms with Gasteiger partial charge in [0, 0.05) is 24.0 Å². The maximum atomic E-state index is 12.3. The third-order valence-electron chi connectivity index (χ3n) is 2.54. The van der Waals surface area contributed by atoms with Crippen molar-refractivity contribution in [3.8, 4) is 0 Å². The molecule has 1 aromatic rings. The van der Waals surface area contributed by atoms with Crippen LogP contribution in [0.1, 0.15) is 6.92 Å². The summed E-state index contributed by atoms with van der Waals surface area (Å²) in [7, 11) is -2.01. The first kappa shape index (κ1) is 15.6. The average Bonchev–Trinajstić information content (AvgIpc) is 2.28. The molecule has 1 atom stereocenters. The molecular weight excluding hydrogens is 336 g/mol. The fourth-order valence-corrected chi connectivity index (χ4v) is 3.69. The van der Waals surface area contributed by atoms with Crippen LogP contribution in [0, 0.1) is 5.92 Å². The van der Waals surface area contributed by atoms with E-state index in [2.05, 4.69) is 15.9 Å². The molecule has 0 saturated heterocycles. The van der Waals surface area contributed by atoms with Gasteiger partial charge in [-0.25, -0.2) is 12.7 Å². The Morgan fingerprint density at radius 1 is 1.50 bits per heavy atom. The zero-order chi connectivity index (χ0) is 13.9. The van der Waals surface area contributed by atoms with Crippen molar-refractivity contribution < 1.29 is 8.42 Å². The van der Waals surface area contributed by atoms with Crippen LogP contribution in [0.5, 0.6) is 0 Å².